The van der Waals surface area contributed by atoms with Crippen LogP contribution in [0.4, 0.5) is 5.82 Å². The Morgan fingerprint density at radius 3 is 3.12 bits per heavy atom. The number of hydrogen-bond acceptors (Lipinski definition) is 4. The van der Waals surface area contributed by atoms with Gasteiger partial charge in [0.25, 0.3) is 0 Å². The molecule has 1 aromatic rings. The van der Waals surface area contributed by atoms with E-state index in [-0.39, 0.29) is 0 Å². The first-order valence-corrected chi connectivity index (χ1v) is 5.73. The van der Waals surface area contributed by atoms with Crippen LogP contribution in [-0.4, -0.2) is 24.3 Å². The van der Waals surface area contributed by atoms with E-state index in [1.54, 1.807) is 0 Å². The van der Waals surface area contributed by atoms with Crippen LogP contribution in [0.25, 0.3) is 0 Å². The highest BCUT2D eigenvalue weighted by Crippen LogP contribution is 2.20. The maximum absolute atomic E-state index is 5.75. The van der Waals surface area contributed by atoms with E-state index in [0.29, 0.717) is 24.3 Å². The Hall–Kier alpha value is -1.29. The van der Waals surface area contributed by atoms with Gasteiger partial charge in [0.2, 0.25) is 0 Å². The topological polar surface area (TPSA) is 57.4 Å². The molecular weight excluding hydrogens is 204 g/mol. The van der Waals surface area contributed by atoms with Gasteiger partial charge < -0.3 is 15.2 Å². The van der Waals surface area contributed by atoms with Crippen LogP contribution in [0, 0.1) is 6.92 Å². The molecule has 1 aliphatic rings. The molecule has 1 aromatic heterocycles. The smallest absolute Gasteiger partial charge is 0.166 e. The minimum absolute atomic E-state index is 0.361. The Morgan fingerprint density at radius 2 is 2.44 bits per heavy atom. The quantitative estimate of drug-likeness (QED) is 0.845. The van der Waals surface area contributed by atoms with Crippen LogP contribution >= 0.6 is 0 Å². The highest BCUT2D eigenvalue weighted by atomic mass is 16.5. The fourth-order valence-corrected chi connectivity index (χ4v) is 1.86. The number of aromatic nitrogens is 1. The number of rotatable bonds is 4. The normalized spacial score (nSPS) is 19.9. The monoisotopic (exact) mass is 222 g/mol. The Bertz CT molecular complexity index is 349. The number of nitrogens with two attached hydrogens (primary N) is 1. The van der Waals surface area contributed by atoms with Gasteiger partial charge in [-0.25, -0.2) is 4.98 Å². The lowest BCUT2D eigenvalue weighted by atomic mass is 10.2. The molecular formula is C12H18N2O2. The Morgan fingerprint density at radius 1 is 1.56 bits per heavy atom. The van der Waals surface area contributed by atoms with E-state index < -0.39 is 0 Å². The van der Waals surface area contributed by atoms with Gasteiger partial charge in [-0.1, -0.05) is 0 Å². The molecule has 1 fully saturated rings. The van der Waals surface area contributed by atoms with Gasteiger partial charge in [0.05, 0.1) is 12.7 Å². The van der Waals surface area contributed by atoms with E-state index in [2.05, 4.69) is 4.98 Å². The summed E-state index contributed by atoms with van der Waals surface area (Å²) in [5.41, 5.74) is 6.65. The van der Waals surface area contributed by atoms with Crippen molar-refractivity contribution >= 4 is 5.82 Å². The number of aryl methyl sites for hydroxylation is 1. The maximum atomic E-state index is 5.75. The van der Waals surface area contributed by atoms with Crippen LogP contribution in [-0.2, 0) is 4.74 Å². The summed E-state index contributed by atoms with van der Waals surface area (Å²) in [5, 5.41) is 0. The summed E-state index contributed by atoms with van der Waals surface area (Å²) in [6.07, 6.45) is 3.59. The lowest BCUT2D eigenvalue weighted by Gasteiger charge is -2.11. The van der Waals surface area contributed by atoms with Gasteiger partial charge in [-0.2, -0.15) is 0 Å². The molecule has 4 heteroatoms. The highest BCUT2D eigenvalue weighted by Gasteiger charge is 2.15. The van der Waals surface area contributed by atoms with E-state index in [0.717, 1.165) is 25.1 Å². The molecule has 2 heterocycles. The van der Waals surface area contributed by atoms with Crippen molar-refractivity contribution in [3.63, 3.8) is 0 Å². The fourth-order valence-electron chi connectivity index (χ4n) is 1.86. The zero-order chi connectivity index (χ0) is 11.4. The van der Waals surface area contributed by atoms with Gasteiger partial charge in [0.1, 0.15) is 0 Å². The van der Waals surface area contributed by atoms with Crippen molar-refractivity contribution < 1.29 is 9.47 Å². The first kappa shape index (κ1) is 11.2. The SMILES string of the molecule is Cc1ccc(OCCC2CCCO2)c(N)n1. The minimum atomic E-state index is 0.361. The second-order valence-electron chi connectivity index (χ2n) is 4.11. The molecule has 0 bridgehead atoms. The van der Waals surface area contributed by atoms with Crippen molar-refractivity contribution in [2.24, 2.45) is 0 Å². The first-order chi connectivity index (χ1) is 7.75. The lowest BCUT2D eigenvalue weighted by molar-refractivity contribution is 0.0904. The zero-order valence-electron chi connectivity index (χ0n) is 9.61. The summed E-state index contributed by atoms with van der Waals surface area (Å²) in [7, 11) is 0. The first-order valence-electron chi connectivity index (χ1n) is 5.73. The molecule has 2 N–H and O–H groups in total. The molecule has 1 atom stereocenters. The molecule has 0 amide bonds. The van der Waals surface area contributed by atoms with Gasteiger partial charge in [0, 0.05) is 18.7 Å². The average Bonchev–Trinajstić information content (AvgIpc) is 2.74. The number of ether oxygens (including phenoxy) is 2. The summed E-state index contributed by atoms with van der Waals surface area (Å²) in [4.78, 5) is 4.15. The van der Waals surface area contributed by atoms with E-state index in [4.69, 9.17) is 15.2 Å². The number of pyridine rings is 1. The average molecular weight is 222 g/mol. The standard InChI is InChI=1S/C12H18N2O2/c1-9-4-5-11(12(13)14-9)16-8-6-10-3-2-7-15-10/h4-5,10H,2-3,6-8H2,1H3,(H2,13,14). The number of nitrogen functional groups attached to an aromatic ring is 1. The zero-order valence-corrected chi connectivity index (χ0v) is 9.61. The van der Waals surface area contributed by atoms with Crippen LogP contribution in [0.1, 0.15) is 25.0 Å². The van der Waals surface area contributed by atoms with Crippen LogP contribution in [0.2, 0.25) is 0 Å². The molecule has 0 spiro atoms. The Balaban J connectivity index is 1.80. The Kier molecular flexibility index (Phi) is 3.62. The summed E-state index contributed by atoms with van der Waals surface area (Å²) >= 11 is 0. The molecule has 88 valence electrons. The molecule has 1 unspecified atom stereocenters. The summed E-state index contributed by atoms with van der Waals surface area (Å²) < 4.78 is 11.1. The molecule has 0 saturated carbocycles. The highest BCUT2D eigenvalue weighted by molar-refractivity contribution is 5.46. The predicted molar refractivity (Wildman–Crippen MR) is 62.5 cm³/mol. The number of hydrogen-bond donors (Lipinski definition) is 1. The second kappa shape index (κ2) is 5.16. The van der Waals surface area contributed by atoms with Gasteiger partial charge in [0.15, 0.2) is 11.6 Å². The van der Waals surface area contributed by atoms with Crippen molar-refractivity contribution in [3.8, 4) is 5.75 Å². The van der Waals surface area contributed by atoms with E-state index >= 15 is 0 Å². The van der Waals surface area contributed by atoms with Crippen molar-refractivity contribution in [1.82, 2.24) is 4.98 Å². The van der Waals surface area contributed by atoms with Gasteiger partial charge in [-0.15, -0.1) is 0 Å². The summed E-state index contributed by atoms with van der Waals surface area (Å²) in [5.74, 6) is 1.14. The van der Waals surface area contributed by atoms with Gasteiger partial charge >= 0.3 is 0 Å². The van der Waals surface area contributed by atoms with Crippen molar-refractivity contribution in [2.45, 2.75) is 32.3 Å². The number of nitrogens with zero attached hydrogens (tertiary/aromatic N) is 1. The van der Waals surface area contributed by atoms with Crippen molar-refractivity contribution in [2.75, 3.05) is 18.9 Å². The predicted octanol–water partition coefficient (Wildman–Crippen LogP) is 1.92. The van der Waals surface area contributed by atoms with E-state index in [1.165, 1.54) is 6.42 Å². The minimum Gasteiger partial charge on any atom is -0.490 e. The Labute approximate surface area is 95.8 Å². The van der Waals surface area contributed by atoms with Crippen molar-refractivity contribution in [1.29, 1.82) is 0 Å². The fraction of sp³-hybridized carbons (Fsp3) is 0.583. The third-order valence-corrected chi connectivity index (χ3v) is 2.75. The summed E-state index contributed by atoms with van der Waals surface area (Å²) in [6.45, 7) is 3.44. The lowest BCUT2D eigenvalue weighted by Crippen LogP contribution is -2.11. The van der Waals surface area contributed by atoms with Crippen LogP contribution in [0.3, 0.4) is 0 Å². The molecule has 0 aromatic carbocycles. The third kappa shape index (κ3) is 2.85. The molecule has 16 heavy (non-hydrogen) atoms. The maximum Gasteiger partial charge on any atom is 0.166 e. The van der Waals surface area contributed by atoms with E-state index in [1.807, 2.05) is 19.1 Å². The summed E-state index contributed by atoms with van der Waals surface area (Å²) in [6, 6.07) is 3.77. The molecule has 2 rings (SSSR count). The molecule has 0 aliphatic carbocycles. The van der Waals surface area contributed by atoms with Gasteiger partial charge in [-0.05, 0) is 31.9 Å². The van der Waals surface area contributed by atoms with Crippen LogP contribution in [0.5, 0.6) is 5.75 Å². The second-order valence-corrected chi connectivity index (χ2v) is 4.11. The largest absolute Gasteiger partial charge is 0.490 e. The van der Waals surface area contributed by atoms with Crippen LogP contribution < -0.4 is 10.5 Å². The van der Waals surface area contributed by atoms with E-state index in [9.17, 15) is 0 Å². The van der Waals surface area contributed by atoms with Crippen LogP contribution in [0.15, 0.2) is 12.1 Å². The molecule has 1 aliphatic heterocycles. The van der Waals surface area contributed by atoms with Gasteiger partial charge in [-0.3, -0.25) is 0 Å². The van der Waals surface area contributed by atoms with Crippen molar-refractivity contribution in [3.05, 3.63) is 17.8 Å². The molecule has 4 nitrogen and oxygen atoms in total. The third-order valence-electron chi connectivity index (χ3n) is 2.75. The number of anilines is 1. The molecule has 1 saturated heterocycles. The molecule has 0 radical (unpaired) electrons.